The quantitative estimate of drug-likeness (QED) is 0.548. The minimum atomic E-state index is -0.562. The summed E-state index contributed by atoms with van der Waals surface area (Å²) in [7, 11) is 0. The Morgan fingerprint density at radius 2 is 1.75 bits per heavy atom. The number of hydrogen-bond donors (Lipinski definition) is 3. The van der Waals surface area contributed by atoms with Crippen molar-refractivity contribution in [1.82, 2.24) is 10.6 Å². The monoisotopic (exact) mass is 281 g/mol. The van der Waals surface area contributed by atoms with Crippen LogP contribution in [0.25, 0.3) is 0 Å². The van der Waals surface area contributed by atoms with E-state index in [0.717, 1.165) is 38.2 Å². The van der Waals surface area contributed by atoms with Crippen LogP contribution in [-0.2, 0) is 0 Å². The largest absolute Gasteiger partial charge is 0.388 e. The van der Waals surface area contributed by atoms with Gasteiger partial charge < -0.3 is 15.7 Å². The highest BCUT2D eigenvalue weighted by atomic mass is 16.3. The Bertz CT molecular complexity index is 305. The molecule has 0 aromatic heterocycles. The van der Waals surface area contributed by atoms with Crippen LogP contribution >= 0.6 is 0 Å². The summed E-state index contributed by atoms with van der Waals surface area (Å²) in [5, 5.41) is 17.4. The van der Waals surface area contributed by atoms with Gasteiger partial charge in [0.25, 0.3) is 0 Å². The lowest BCUT2D eigenvalue weighted by molar-refractivity contribution is 0.0131. The van der Waals surface area contributed by atoms with E-state index in [2.05, 4.69) is 22.5 Å². The van der Waals surface area contributed by atoms with Gasteiger partial charge in [-0.25, -0.2) is 0 Å². The Hall–Kier alpha value is -0.770. The molecule has 2 rings (SSSR count). The maximum atomic E-state index is 10.5. The molecule has 2 saturated carbocycles. The fourth-order valence-electron chi connectivity index (χ4n) is 3.35. The highest BCUT2D eigenvalue weighted by Crippen LogP contribution is 2.28. The van der Waals surface area contributed by atoms with Gasteiger partial charge in [-0.3, -0.25) is 4.99 Å². The number of guanidine groups is 1. The Balaban J connectivity index is 1.87. The lowest BCUT2D eigenvalue weighted by Crippen LogP contribution is -2.45. The van der Waals surface area contributed by atoms with Crippen LogP contribution in [0, 0.1) is 0 Å². The molecule has 4 nitrogen and oxygen atoms in total. The van der Waals surface area contributed by atoms with E-state index in [4.69, 9.17) is 0 Å². The van der Waals surface area contributed by atoms with Crippen LogP contribution in [0.15, 0.2) is 4.99 Å². The van der Waals surface area contributed by atoms with Crippen molar-refractivity contribution in [2.24, 2.45) is 4.99 Å². The fourth-order valence-corrected chi connectivity index (χ4v) is 3.35. The van der Waals surface area contributed by atoms with E-state index in [0.29, 0.717) is 12.6 Å². The molecule has 0 heterocycles. The van der Waals surface area contributed by atoms with Gasteiger partial charge in [0.15, 0.2) is 5.96 Å². The van der Waals surface area contributed by atoms with Crippen molar-refractivity contribution in [1.29, 1.82) is 0 Å². The van der Waals surface area contributed by atoms with Crippen molar-refractivity contribution in [3.8, 4) is 0 Å². The molecule has 0 aliphatic heterocycles. The van der Waals surface area contributed by atoms with Crippen molar-refractivity contribution < 1.29 is 5.11 Å². The molecule has 20 heavy (non-hydrogen) atoms. The number of aliphatic hydroxyl groups is 1. The summed E-state index contributed by atoms with van der Waals surface area (Å²) in [6.45, 7) is 3.50. The minimum Gasteiger partial charge on any atom is -0.388 e. The fraction of sp³-hybridized carbons (Fsp3) is 0.938. The van der Waals surface area contributed by atoms with Crippen LogP contribution in [0.3, 0.4) is 0 Å². The summed E-state index contributed by atoms with van der Waals surface area (Å²) in [5.74, 6) is 0.887. The van der Waals surface area contributed by atoms with E-state index in [-0.39, 0.29) is 0 Å². The third-order valence-electron chi connectivity index (χ3n) is 4.61. The van der Waals surface area contributed by atoms with Gasteiger partial charge in [-0.05, 0) is 32.6 Å². The Labute approximate surface area is 123 Å². The summed E-state index contributed by atoms with van der Waals surface area (Å²) in [6, 6.07) is 0.558. The first-order chi connectivity index (χ1) is 9.72. The second-order valence-electron chi connectivity index (χ2n) is 6.46. The maximum absolute atomic E-state index is 10.5. The molecule has 0 atom stereocenters. The molecule has 0 amide bonds. The zero-order chi connectivity index (χ0) is 14.3. The van der Waals surface area contributed by atoms with Gasteiger partial charge >= 0.3 is 0 Å². The first-order valence-corrected chi connectivity index (χ1v) is 8.49. The predicted molar refractivity (Wildman–Crippen MR) is 84.0 cm³/mol. The molecule has 0 saturated heterocycles. The molecular formula is C16H31N3O. The molecule has 0 aromatic rings. The van der Waals surface area contributed by atoms with E-state index >= 15 is 0 Å². The molecule has 0 unspecified atom stereocenters. The van der Waals surface area contributed by atoms with Gasteiger partial charge in [0.2, 0.25) is 0 Å². The average molecular weight is 281 g/mol. The SMILES string of the molecule is CCNC(=NCC1(O)CCCCC1)NC1CCCCC1. The first kappa shape index (κ1) is 15.6. The molecule has 116 valence electrons. The molecule has 2 aliphatic carbocycles. The lowest BCUT2D eigenvalue weighted by atomic mass is 9.85. The third kappa shape index (κ3) is 4.97. The molecule has 2 fully saturated rings. The molecule has 0 aromatic carbocycles. The van der Waals surface area contributed by atoms with Crippen molar-refractivity contribution >= 4 is 5.96 Å². The van der Waals surface area contributed by atoms with Crippen LogP contribution in [0.4, 0.5) is 0 Å². The molecule has 3 N–H and O–H groups in total. The normalized spacial score (nSPS) is 24.4. The molecular weight excluding hydrogens is 250 g/mol. The first-order valence-electron chi connectivity index (χ1n) is 8.49. The number of nitrogens with zero attached hydrogens (tertiary/aromatic N) is 1. The Kier molecular flexibility index (Phi) is 6.14. The minimum absolute atomic E-state index is 0.537. The second kappa shape index (κ2) is 7.87. The van der Waals surface area contributed by atoms with Gasteiger partial charge in [-0.1, -0.05) is 38.5 Å². The predicted octanol–water partition coefficient (Wildman–Crippen LogP) is 2.57. The van der Waals surface area contributed by atoms with Crippen LogP contribution in [0.5, 0.6) is 0 Å². The molecule has 2 aliphatic rings. The molecule has 0 bridgehead atoms. The van der Waals surface area contributed by atoms with Crippen molar-refractivity contribution in [2.75, 3.05) is 13.1 Å². The van der Waals surface area contributed by atoms with E-state index in [1.807, 2.05) is 0 Å². The van der Waals surface area contributed by atoms with Gasteiger partial charge in [0.05, 0.1) is 12.1 Å². The standard InChI is InChI=1S/C16H31N3O/c1-2-17-15(19-14-9-5-3-6-10-14)18-13-16(20)11-7-4-8-12-16/h14,20H,2-13H2,1H3,(H2,17,18,19). The smallest absolute Gasteiger partial charge is 0.191 e. The van der Waals surface area contributed by atoms with Gasteiger partial charge in [0.1, 0.15) is 0 Å². The summed E-state index contributed by atoms with van der Waals surface area (Å²) in [5.41, 5.74) is -0.562. The summed E-state index contributed by atoms with van der Waals surface area (Å²) >= 11 is 0. The number of hydrogen-bond acceptors (Lipinski definition) is 2. The zero-order valence-electron chi connectivity index (χ0n) is 13.0. The van der Waals surface area contributed by atoms with Gasteiger partial charge in [-0.15, -0.1) is 0 Å². The number of nitrogens with one attached hydrogen (secondary N) is 2. The number of rotatable bonds is 4. The molecule has 0 radical (unpaired) electrons. The Morgan fingerprint density at radius 1 is 1.10 bits per heavy atom. The summed E-state index contributed by atoms with van der Waals surface area (Å²) in [6.07, 6.45) is 11.8. The van der Waals surface area contributed by atoms with Gasteiger partial charge in [-0.2, -0.15) is 0 Å². The van der Waals surface area contributed by atoms with Crippen molar-refractivity contribution in [3.05, 3.63) is 0 Å². The van der Waals surface area contributed by atoms with E-state index < -0.39 is 5.60 Å². The van der Waals surface area contributed by atoms with Crippen LogP contribution < -0.4 is 10.6 Å². The Morgan fingerprint density at radius 3 is 2.40 bits per heavy atom. The van der Waals surface area contributed by atoms with E-state index in [1.165, 1.54) is 38.5 Å². The van der Waals surface area contributed by atoms with E-state index in [1.54, 1.807) is 0 Å². The lowest BCUT2D eigenvalue weighted by Gasteiger charge is -2.31. The van der Waals surface area contributed by atoms with Crippen molar-refractivity contribution in [2.45, 2.75) is 82.8 Å². The van der Waals surface area contributed by atoms with Crippen LogP contribution in [0.1, 0.15) is 71.1 Å². The highest BCUT2D eigenvalue weighted by molar-refractivity contribution is 5.80. The second-order valence-corrected chi connectivity index (χ2v) is 6.46. The summed E-state index contributed by atoms with van der Waals surface area (Å²) < 4.78 is 0. The number of aliphatic imine (C=N–C) groups is 1. The van der Waals surface area contributed by atoms with Crippen LogP contribution in [-0.4, -0.2) is 35.8 Å². The van der Waals surface area contributed by atoms with E-state index in [9.17, 15) is 5.11 Å². The van der Waals surface area contributed by atoms with Crippen LogP contribution in [0.2, 0.25) is 0 Å². The highest BCUT2D eigenvalue weighted by Gasteiger charge is 2.29. The van der Waals surface area contributed by atoms with Crippen molar-refractivity contribution in [3.63, 3.8) is 0 Å². The topological polar surface area (TPSA) is 56.7 Å². The molecule has 4 heteroatoms. The maximum Gasteiger partial charge on any atom is 0.191 e. The average Bonchev–Trinajstić information content (AvgIpc) is 2.47. The van der Waals surface area contributed by atoms with Gasteiger partial charge in [0, 0.05) is 12.6 Å². The zero-order valence-corrected chi connectivity index (χ0v) is 13.0. The third-order valence-corrected chi connectivity index (χ3v) is 4.61. The summed E-state index contributed by atoms with van der Waals surface area (Å²) in [4.78, 5) is 4.65. The molecule has 0 spiro atoms.